The van der Waals surface area contributed by atoms with E-state index < -0.39 is 5.56 Å². The molecule has 1 heterocycles. The number of hydrogen-bond acceptors (Lipinski definition) is 6. The van der Waals surface area contributed by atoms with E-state index in [9.17, 15) is 4.79 Å². The number of rotatable bonds is 9. The molecule has 3 rings (SSSR count). The fourth-order valence-electron chi connectivity index (χ4n) is 3.18. The van der Waals surface area contributed by atoms with Gasteiger partial charge in [-0.25, -0.2) is 0 Å². The Morgan fingerprint density at radius 1 is 1.00 bits per heavy atom. The first-order chi connectivity index (χ1) is 14.6. The fourth-order valence-corrected chi connectivity index (χ4v) is 3.18. The zero-order valence-electron chi connectivity index (χ0n) is 17.8. The highest BCUT2D eigenvalue weighted by atomic mass is 16.5. The topological polar surface area (TPSA) is 74.6 Å². The van der Waals surface area contributed by atoms with Gasteiger partial charge in [0, 0.05) is 11.8 Å². The molecule has 0 saturated heterocycles. The smallest absolute Gasteiger partial charge is 0.316 e. The first-order valence-corrected chi connectivity index (χ1v) is 9.89. The lowest BCUT2D eigenvalue weighted by atomic mass is 10.1. The van der Waals surface area contributed by atoms with Gasteiger partial charge in [-0.1, -0.05) is 37.3 Å². The Hall–Kier alpha value is -3.48. The van der Waals surface area contributed by atoms with Crippen LogP contribution in [0.5, 0.6) is 17.2 Å². The summed E-state index contributed by atoms with van der Waals surface area (Å²) in [4.78, 5) is 16.7. The molecule has 3 aromatic rings. The van der Waals surface area contributed by atoms with Crippen LogP contribution in [0.2, 0.25) is 0 Å². The van der Waals surface area contributed by atoms with Crippen LogP contribution in [0, 0.1) is 0 Å². The molecule has 0 saturated carbocycles. The summed E-state index contributed by atoms with van der Waals surface area (Å²) < 4.78 is 18.2. The molecule has 7 nitrogen and oxygen atoms in total. The molecule has 0 fully saturated rings. The lowest BCUT2D eigenvalue weighted by Gasteiger charge is -2.19. The van der Waals surface area contributed by atoms with Crippen molar-refractivity contribution in [2.24, 2.45) is 0 Å². The molecule has 158 valence electrons. The molecule has 7 heteroatoms. The summed E-state index contributed by atoms with van der Waals surface area (Å²) in [5, 5.41) is 3.31. The standard InChI is InChI=1S/C23H27N3O4/c1-5-17-12-19(28-3)20(29-4)13-18(17)24-23-25-22(27)21(30-6-2)15-26(23)14-16-10-8-7-9-11-16/h7-13,15H,5-6,14H2,1-4H3,(H,24,25,27). The normalized spacial score (nSPS) is 10.5. The maximum Gasteiger partial charge on any atom is 0.316 e. The van der Waals surface area contributed by atoms with Gasteiger partial charge in [-0.2, -0.15) is 4.98 Å². The number of aromatic nitrogens is 2. The molecule has 1 aromatic heterocycles. The predicted molar refractivity (Wildman–Crippen MR) is 117 cm³/mol. The first-order valence-electron chi connectivity index (χ1n) is 9.89. The Morgan fingerprint density at radius 3 is 2.33 bits per heavy atom. The maximum atomic E-state index is 12.5. The summed E-state index contributed by atoms with van der Waals surface area (Å²) in [6.07, 6.45) is 2.46. The van der Waals surface area contributed by atoms with Crippen molar-refractivity contribution in [2.75, 3.05) is 26.1 Å². The van der Waals surface area contributed by atoms with Gasteiger partial charge in [0.15, 0.2) is 11.5 Å². The van der Waals surface area contributed by atoms with Crippen molar-refractivity contribution >= 4 is 11.6 Å². The fraction of sp³-hybridized carbons (Fsp3) is 0.304. The van der Waals surface area contributed by atoms with Crippen molar-refractivity contribution in [3.8, 4) is 17.2 Å². The van der Waals surface area contributed by atoms with Crippen molar-refractivity contribution < 1.29 is 14.2 Å². The molecule has 0 aliphatic rings. The highest BCUT2D eigenvalue weighted by molar-refractivity contribution is 5.65. The number of hydrogen-bond donors (Lipinski definition) is 1. The second kappa shape index (κ2) is 9.82. The molecule has 0 amide bonds. The number of nitrogens with one attached hydrogen (secondary N) is 1. The van der Waals surface area contributed by atoms with Crippen LogP contribution in [0.25, 0.3) is 0 Å². The number of methoxy groups -OCH3 is 2. The number of aryl methyl sites for hydroxylation is 1. The highest BCUT2D eigenvalue weighted by Crippen LogP contribution is 2.34. The van der Waals surface area contributed by atoms with Gasteiger partial charge in [0.25, 0.3) is 0 Å². The maximum absolute atomic E-state index is 12.5. The van der Waals surface area contributed by atoms with Crippen LogP contribution in [-0.2, 0) is 13.0 Å². The zero-order chi connectivity index (χ0) is 21.5. The molecule has 2 aromatic carbocycles. The number of ether oxygens (including phenoxy) is 3. The van der Waals surface area contributed by atoms with Crippen LogP contribution >= 0.6 is 0 Å². The lowest BCUT2D eigenvalue weighted by molar-refractivity contribution is 0.331. The van der Waals surface area contributed by atoms with E-state index in [1.165, 1.54) is 0 Å². The first kappa shape index (κ1) is 21.2. The van der Waals surface area contributed by atoms with E-state index >= 15 is 0 Å². The van der Waals surface area contributed by atoms with Gasteiger partial charge in [0.05, 0.1) is 33.6 Å². The molecule has 30 heavy (non-hydrogen) atoms. The van der Waals surface area contributed by atoms with E-state index in [2.05, 4.69) is 17.2 Å². The summed E-state index contributed by atoms with van der Waals surface area (Å²) in [6.45, 7) is 4.81. The van der Waals surface area contributed by atoms with Crippen LogP contribution in [0.15, 0.2) is 53.5 Å². The van der Waals surface area contributed by atoms with Crippen LogP contribution in [0.1, 0.15) is 25.0 Å². The van der Waals surface area contributed by atoms with Crippen LogP contribution < -0.4 is 25.1 Å². The Labute approximate surface area is 176 Å². The summed E-state index contributed by atoms with van der Waals surface area (Å²) in [6, 6.07) is 13.8. The van der Waals surface area contributed by atoms with Crippen LogP contribution in [0.4, 0.5) is 11.6 Å². The molecule has 0 unspecified atom stereocenters. The van der Waals surface area contributed by atoms with Gasteiger partial charge in [0.1, 0.15) is 0 Å². The van der Waals surface area contributed by atoms with E-state index in [1.54, 1.807) is 20.4 Å². The summed E-state index contributed by atoms with van der Waals surface area (Å²) >= 11 is 0. The summed E-state index contributed by atoms with van der Waals surface area (Å²) in [5.41, 5.74) is 2.48. The van der Waals surface area contributed by atoms with E-state index in [0.717, 1.165) is 23.2 Å². The molecule has 1 N–H and O–H groups in total. The largest absolute Gasteiger partial charge is 0.493 e. The van der Waals surface area contributed by atoms with Gasteiger partial charge in [0.2, 0.25) is 11.7 Å². The quantitative estimate of drug-likeness (QED) is 0.576. The molecule has 0 radical (unpaired) electrons. The summed E-state index contributed by atoms with van der Waals surface area (Å²) in [7, 11) is 3.20. The Kier molecular flexibility index (Phi) is 6.95. The lowest BCUT2D eigenvalue weighted by Crippen LogP contribution is -2.19. The minimum atomic E-state index is -0.415. The van der Waals surface area contributed by atoms with E-state index in [0.29, 0.717) is 30.6 Å². The molecule has 0 spiro atoms. The molecule has 0 bridgehead atoms. The number of benzene rings is 2. The highest BCUT2D eigenvalue weighted by Gasteiger charge is 2.15. The van der Waals surface area contributed by atoms with Gasteiger partial charge in [-0.15, -0.1) is 0 Å². The number of anilines is 2. The molecular weight excluding hydrogens is 382 g/mol. The van der Waals surface area contributed by atoms with Crippen molar-refractivity contribution in [3.63, 3.8) is 0 Å². The predicted octanol–water partition coefficient (Wildman–Crippen LogP) is 4.01. The van der Waals surface area contributed by atoms with Gasteiger partial charge >= 0.3 is 5.56 Å². The zero-order valence-corrected chi connectivity index (χ0v) is 17.8. The SMILES string of the molecule is CCOc1cn(Cc2ccccc2)c(Nc2cc(OC)c(OC)cc2CC)nc1=O. The van der Waals surface area contributed by atoms with Gasteiger partial charge < -0.3 is 24.1 Å². The van der Waals surface area contributed by atoms with E-state index in [4.69, 9.17) is 14.2 Å². The average molecular weight is 409 g/mol. The summed E-state index contributed by atoms with van der Waals surface area (Å²) in [5.74, 6) is 1.90. The number of nitrogens with zero attached hydrogens (tertiary/aromatic N) is 2. The van der Waals surface area contributed by atoms with Crippen LogP contribution in [-0.4, -0.2) is 30.4 Å². The van der Waals surface area contributed by atoms with Crippen LogP contribution in [0.3, 0.4) is 0 Å². The third kappa shape index (κ3) is 4.74. The third-order valence-corrected chi connectivity index (χ3v) is 4.70. The molecule has 0 aliphatic heterocycles. The van der Waals surface area contributed by atoms with Crippen molar-refractivity contribution in [2.45, 2.75) is 26.8 Å². The second-order valence-electron chi connectivity index (χ2n) is 6.62. The monoisotopic (exact) mass is 409 g/mol. The van der Waals surface area contributed by atoms with E-state index in [1.807, 2.05) is 54.0 Å². The Bertz CT molecular complexity index is 1050. The molecule has 0 atom stereocenters. The third-order valence-electron chi connectivity index (χ3n) is 4.70. The van der Waals surface area contributed by atoms with Gasteiger partial charge in [-0.05, 0) is 30.5 Å². The van der Waals surface area contributed by atoms with Crippen molar-refractivity contribution in [1.29, 1.82) is 0 Å². The Balaban J connectivity index is 2.06. The minimum absolute atomic E-state index is 0.224. The minimum Gasteiger partial charge on any atom is -0.493 e. The molecule has 0 aliphatic carbocycles. The van der Waals surface area contributed by atoms with Crippen molar-refractivity contribution in [1.82, 2.24) is 9.55 Å². The van der Waals surface area contributed by atoms with E-state index in [-0.39, 0.29) is 5.75 Å². The molecular formula is C23H27N3O4. The van der Waals surface area contributed by atoms with Gasteiger partial charge in [-0.3, -0.25) is 4.79 Å². The van der Waals surface area contributed by atoms with Crippen molar-refractivity contribution in [3.05, 3.63) is 70.1 Å². The Morgan fingerprint density at radius 2 is 1.70 bits per heavy atom. The second-order valence-corrected chi connectivity index (χ2v) is 6.62. The average Bonchev–Trinajstić information content (AvgIpc) is 2.77.